The number of alkyl halides is 1. The van der Waals surface area contributed by atoms with E-state index in [1.807, 2.05) is 6.92 Å². The molecule has 10 nitrogen and oxygen atoms in total. The van der Waals surface area contributed by atoms with Crippen LogP contribution in [0.1, 0.15) is 163 Å². The molecule has 0 amide bonds. The van der Waals surface area contributed by atoms with E-state index < -0.39 is 11.2 Å². The summed E-state index contributed by atoms with van der Waals surface area (Å²) in [4.78, 5) is 37.8. The van der Waals surface area contributed by atoms with Gasteiger partial charge in [0.1, 0.15) is 17.4 Å². The first-order valence-electron chi connectivity index (χ1n) is 25.9. The maximum atomic E-state index is 13.7. The summed E-state index contributed by atoms with van der Waals surface area (Å²) in [5.41, 5.74) is -0.224. The van der Waals surface area contributed by atoms with Crippen LogP contribution in [0.4, 0.5) is 0 Å². The molecule has 10 fully saturated rings. The Bertz CT molecular complexity index is 2000. The minimum Gasteiger partial charge on any atom is -1.00 e. The molecule has 362 valence electrons. The molecule has 10 aliphatic carbocycles. The zero-order valence-corrected chi connectivity index (χ0v) is 50.1. The van der Waals surface area contributed by atoms with Crippen molar-refractivity contribution in [2.24, 2.45) is 106 Å². The summed E-state index contributed by atoms with van der Waals surface area (Å²) in [6.45, 7) is 9.08. The average molecular weight is 1060 g/mol. The van der Waals surface area contributed by atoms with Gasteiger partial charge in [0.15, 0.2) is 10.9 Å². The number of hydrogen-bond donors (Lipinski definition) is 2. The smallest absolute Gasteiger partial charge is 1.00 e. The van der Waals surface area contributed by atoms with Crippen molar-refractivity contribution in [2.45, 2.75) is 174 Å². The Balaban J connectivity index is 0.000000203. The molecule has 1 heterocycles. The molecule has 0 aromatic carbocycles. The Kier molecular flexibility index (Phi) is 18.7. The van der Waals surface area contributed by atoms with Crippen LogP contribution in [-0.4, -0.2) is 54.6 Å². The van der Waals surface area contributed by atoms with Crippen molar-refractivity contribution in [3.63, 3.8) is 0 Å². The second-order valence-electron chi connectivity index (χ2n) is 24.8. The zero-order chi connectivity index (χ0) is 46.2. The van der Waals surface area contributed by atoms with Crippen LogP contribution in [0.3, 0.4) is 0 Å². The molecular weight excluding hydrogens is 984 g/mol. The van der Waals surface area contributed by atoms with Gasteiger partial charge in [0.05, 0.1) is 23.1 Å². The molecule has 0 radical (unpaired) electrons. The monoisotopic (exact) mass is 1060 g/mol. The van der Waals surface area contributed by atoms with Crippen molar-refractivity contribution in [3.8, 4) is 6.07 Å². The zero-order valence-electron chi connectivity index (χ0n) is 42.5. The van der Waals surface area contributed by atoms with E-state index in [0.717, 1.165) is 104 Å². The van der Waals surface area contributed by atoms with Crippen LogP contribution in [0.25, 0.3) is 0 Å². The van der Waals surface area contributed by atoms with Crippen LogP contribution in [0.15, 0.2) is 6.20 Å². The number of carbonyl (C=O) groups excluding carboxylic acids is 3. The van der Waals surface area contributed by atoms with Gasteiger partial charge in [-0.2, -0.15) is 10.4 Å². The summed E-state index contributed by atoms with van der Waals surface area (Å²) in [5.74, 6) is 12.1. The van der Waals surface area contributed by atoms with Gasteiger partial charge in [0.2, 0.25) is 0 Å². The average Bonchev–Trinajstić information content (AvgIpc) is 4.21. The Hall–Kier alpha value is 1.43. The summed E-state index contributed by atoms with van der Waals surface area (Å²) in [5, 5.41) is 43.9. The number of halogens is 2. The maximum absolute atomic E-state index is 13.7. The first-order chi connectivity index (χ1) is 31.0. The van der Waals surface area contributed by atoms with Crippen molar-refractivity contribution < 1.29 is 139 Å². The summed E-state index contributed by atoms with van der Waals surface area (Å²) in [7, 11) is 0. The van der Waals surface area contributed by atoms with E-state index in [1.165, 1.54) is 89.9 Å². The van der Waals surface area contributed by atoms with E-state index in [1.54, 1.807) is 10.9 Å². The molecule has 18 atom stereocenters. The molecule has 0 bridgehead atoms. The molecule has 2 N–H and O–H groups in total. The summed E-state index contributed by atoms with van der Waals surface area (Å²) < 4.78 is 1.58. The van der Waals surface area contributed by atoms with Crippen molar-refractivity contribution in [2.75, 3.05) is 5.33 Å². The molecule has 67 heavy (non-hydrogen) atoms. The Labute approximate surface area is 500 Å². The fourth-order valence-corrected chi connectivity index (χ4v) is 19.0. The Morgan fingerprint density at radius 1 is 0.746 bits per heavy atom. The van der Waals surface area contributed by atoms with E-state index in [0.29, 0.717) is 40.3 Å². The van der Waals surface area contributed by atoms with Gasteiger partial charge in [-0.15, -0.1) is 0 Å². The fourth-order valence-electron chi connectivity index (χ4n) is 18.5. The van der Waals surface area contributed by atoms with E-state index in [9.17, 15) is 25.1 Å². The number of aromatic nitrogens is 2. The number of nitriles is 1. The number of carbonyl (C=O) groups is 3. The Morgan fingerprint density at radius 3 is 1.55 bits per heavy atom. The molecule has 0 aliphatic heterocycles. The molecule has 1 aromatic rings. The molecule has 14 heteroatoms. The SMILES string of the molecule is C[C@@]1(O)CC[C@H]2[C@H](CC[C@@H]3[C@@H]2CC[C@@]2(C)[C@H]3[C@H](C3CC3)C[C@@H]2C(=O)CBr)C1.C[C@@]1(O)CC[C@H]2[C@H](CC[C@@H]3[C@@H]2CC[C@@]2(C)[C@H]3[C@H](C3CC3)C[C@@H]2C(=O)Cn2cc(C#N)c(Cl)n2)C1.O=CO[O-].[H-].[K+].[K+]. The second kappa shape index (κ2) is 22.3. The second-order valence-corrected chi connectivity index (χ2v) is 25.7. The quantitative estimate of drug-likeness (QED) is 0.130. The largest absolute Gasteiger partial charge is 1.00 e. The topological polar surface area (TPSA) is 166 Å². The van der Waals surface area contributed by atoms with Gasteiger partial charge in [-0.1, -0.05) is 41.4 Å². The molecule has 10 saturated carbocycles. The third-order valence-corrected chi connectivity index (χ3v) is 22.0. The molecular formula is C53H77BrClK2N3O7. The van der Waals surface area contributed by atoms with E-state index in [4.69, 9.17) is 21.7 Å². The number of hydrogen-bond acceptors (Lipinski definition) is 9. The van der Waals surface area contributed by atoms with E-state index in [-0.39, 0.29) is 145 Å². The molecule has 0 unspecified atom stereocenters. The first kappa shape index (κ1) is 56.2. The van der Waals surface area contributed by atoms with Gasteiger partial charge in [0.25, 0.3) is 6.47 Å². The number of rotatable bonds is 8. The fraction of sp³-hybridized carbons (Fsp3) is 0.868. The molecule has 0 spiro atoms. The summed E-state index contributed by atoms with van der Waals surface area (Å²) in [6.07, 6.45) is 25.9. The predicted octanol–water partition coefficient (Wildman–Crippen LogP) is 3.79. The van der Waals surface area contributed by atoms with Gasteiger partial charge in [-0.3, -0.25) is 19.1 Å². The number of ketones is 2. The normalized spacial score (nSPS) is 45.6. The number of aliphatic hydroxyl groups is 2. The van der Waals surface area contributed by atoms with Gasteiger partial charge in [-0.25, -0.2) is 0 Å². The first-order valence-corrected chi connectivity index (χ1v) is 27.4. The van der Waals surface area contributed by atoms with E-state index >= 15 is 0 Å². The van der Waals surface area contributed by atoms with Crippen molar-refractivity contribution >= 4 is 45.6 Å². The number of Topliss-reactive ketones (excluding diaryl/α,β-unsaturated/α-hetero) is 2. The van der Waals surface area contributed by atoms with Gasteiger partial charge < -0.3 is 21.8 Å². The van der Waals surface area contributed by atoms with Crippen LogP contribution in [0, 0.1) is 117 Å². The number of fused-ring (bicyclic) bond motifs is 10. The van der Waals surface area contributed by atoms with Crippen molar-refractivity contribution in [1.82, 2.24) is 9.78 Å². The third kappa shape index (κ3) is 11.2. The Morgan fingerprint density at radius 2 is 1.16 bits per heavy atom. The molecule has 11 rings (SSSR count). The minimum atomic E-state index is -0.473. The van der Waals surface area contributed by atoms with Gasteiger partial charge >= 0.3 is 103 Å². The molecule has 1 aromatic heterocycles. The van der Waals surface area contributed by atoms with Crippen LogP contribution >= 0.6 is 27.5 Å². The third-order valence-electron chi connectivity index (χ3n) is 21.2. The van der Waals surface area contributed by atoms with Gasteiger partial charge in [-0.05, 0) is 236 Å². The minimum absolute atomic E-state index is 0. The maximum Gasteiger partial charge on any atom is 1.00 e. The van der Waals surface area contributed by atoms with Crippen molar-refractivity contribution in [1.29, 1.82) is 5.26 Å². The number of nitrogens with zero attached hydrogens (tertiary/aromatic N) is 3. The predicted molar refractivity (Wildman–Crippen MR) is 250 cm³/mol. The van der Waals surface area contributed by atoms with Crippen LogP contribution < -0.4 is 108 Å². The standard InChI is InChI=1S/C28H38ClN3O2.C24H37BrO2.CH2O3.2K.H/c1-27(34)9-7-19-17(12-27)5-6-21-20(19)8-10-28(2)23(11-22(25(21)28)16-3-4-16)24(33)15-32-14-18(13-30)26(29)31-32;1-23(27)9-7-16-15(12-23)5-6-18-17(16)8-10-24(2)20(21(26)13-25)11-19(22(18)24)14-3-4-14;2-1-4-3;;;/h14,16-17,19-23,25,34H,3-12,15H2,1-2H3;14-20,22,27H,3-13H2,1-2H3;1,3H;;;/q;;;2*+1;-1/p-1/t17-,19+,20-,21-,22+,23-,25-,27-,28-;15-,16+,17-,18-,19+,20-,22-,23-,24-;;;;/m11..../s1. The van der Waals surface area contributed by atoms with Crippen LogP contribution in [0.5, 0.6) is 0 Å². The van der Waals surface area contributed by atoms with Gasteiger partial charge in [0, 0.05) is 18.0 Å². The van der Waals surface area contributed by atoms with Crippen LogP contribution in [-0.2, 0) is 25.8 Å². The summed E-state index contributed by atoms with van der Waals surface area (Å²) in [6, 6.07) is 2.06. The molecule has 10 aliphatic rings. The van der Waals surface area contributed by atoms with Crippen LogP contribution in [0.2, 0.25) is 5.15 Å². The molecule has 0 saturated heterocycles. The van der Waals surface area contributed by atoms with Crippen molar-refractivity contribution in [3.05, 3.63) is 16.9 Å². The summed E-state index contributed by atoms with van der Waals surface area (Å²) >= 11 is 9.56. The van der Waals surface area contributed by atoms with E-state index in [2.05, 4.69) is 52.8 Å².